The van der Waals surface area contributed by atoms with E-state index in [0.717, 1.165) is 16.1 Å². The van der Waals surface area contributed by atoms with E-state index in [2.05, 4.69) is 10.3 Å². The molecular formula is C13H13ClN2O2. The molecule has 0 saturated heterocycles. The maximum atomic E-state index is 10.7. The molecular weight excluding hydrogens is 252 g/mol. The second-order valence-electron chi connectivity index (χ2n) is 3.96. The largest absolute Gasteiger partial charge is 0.477 e. The second kappa shape index (κ2) is 5.71. The number of carbonyl (C=O) groups is 1. The van der Waals surface area contributed by atoms with Crippen LogP contribution in [0.5, 0.6) is 0 Å². The third kappa shape index (κ3) is 3.35. The zero-order chi connectivity index (χ0) is 13.0. The molecule has 0 saturated carbocycles. The van der Waals surface area contributed by atoms with E-state index in [4.69, 9.17) is 16.7 Å². The number of benzene rings is 1. The van der Waals surface area contributed by atoms with Crippen molar-refractivity contribution in [3.8, 4) is 0 Å². The van der Waals surface area contributed by atoms with Crippen molar-refractivity contribution in [2.45, 2.75) is 13.1 Å². The lowest BCUT2D eigenvalue weighted by molar-refractivity contribution is 0.0691. The van der Waals surface area contributed by atoms with E-state index in [1.165, 1.54) is 0 Å². The number of aromatic amines is 1. The highest BCUT2D eigenvalue weighted by molar-refractivity contribution is 6.30. The molecule has 18 heavy (non-hydrogen) atoms. The lowest BCUT2D eigenvalue weighted by Crippen LogP contribution is -2.12. The first-order chi connectivity index (χ1) is 8.65. The van der Waals surface area contributed by atoms with Crippen LogP contribution in [-0.2, 0) is 13.1 Å². The molecule has 0 aliphatic carbocycles. The third-order valence-electron chi connectivity index (χ3n) is 2.54. The molecule has 2 aromatic rings. The van der Waals surface area contributed by atoms with Crippen molar-refractivity contribution in [1.29, 1.82) is 0 Å². The van der Waals surface area contributed by atoms with Gasteiger partial charge in [0.2, 0.25) is 0 Å². The Kier molecular flexibility index (Phi) is 4.02. The summed E-state index contributed by atoms with van der Waals surface area (Å²) in [4.78, 5) is 13.4. The predicted octanol–water partition coefficient (Wildman–Crippen LogP) is 2.66. The summed E-state index contributed by atoms with van der Waals surface area (Å²) >= 11 is 5.79. The van der Waals surface area contributed by atoms with Gasteiger partial charge in [0, 0.05) is 24.3 Å². The van der Waals surface area contributed by atoms with Gasteiger partial charge in [-0.25, -0.2) is 4.79 Å². The molecule has 1 aromatic carbocycles. The maximum Gasteiger partial charge on any atom is 0.352 e. The van der Waals surface area contributed by atoms with E-state index in [1.54, 1.807) is 12.3 Å². The van der Waals surface area contributed by atoms with Gasteiger partial charge in [0.1, 0.15) is 5.69 Å². The Balaban J connectivity index is 1.84. The number of H-pyrrole nitrogens is 1. The molecule has 0 amide bonds. The second-order valence-corrected chi connectivity index (χ2v) is 4.39. The van der Waals surface area contributed by atoms with Gasteiger partial charge in [0.25, 0.3) is 0 Å². The molecule has 0 aliphatic heterocycles. The topological polar surface area (TPSA) is 65.1 Å². The summed E-state index contributed by atoms with van der Waals surface area (Å²) < 4.78 is 0. The number of nitrogens with one attached hydrogen (secondary N) is 2. The van der Waals surface area contributed by atoms with Crippen LogP contribution < -0.4 is 5.32 Å². The van der Waals surface area contributed by atoms with Crippen LogP contribution in [0, 0.1) is 0 Å². The van der Waals surface area contributed by atoms with Gasteiger partial charge in [-0.2, -0.15) is 0 Å². The average Bonchev–Trinajstić information content (AvgIpc) is 2.81. The van der Waals surface area contributed by atoms with Gasteiger partial charge < -0.3 is 15.4 Å². The summed E-state index contributed by atoms with van der Waals surface area (Å²) in [7, 11) is 0. The minimum atomic E-state index is -0.945. The molecule has 94 valence electrons. The predicted molar refractivity (Wildman–Crippen MR) is 69.7 cm³/mol. The molecule has 0 unspecified atom stereocenters. The molecule has 0 aliphatic rings. The number of halogens is 1. The third-order valence-corrected chi connectivity index (χ3v) is 2.80. The lowest BCUT2D eigenvalue weighted by atomic mass is 10.2. The molecule has 0 radical (unpaired) electrons. The van der Waals surface area contributed by atoms with Crippen molar-refractivity contribution in [1.82, 2.24) is 10.3 Å². The van der Waals surface area contributed by atoms with Crippen molar-refractivity contribution in [2.24, 2.45) is 0 Å². The number of hydrogen-bond acceptors (Lipinski definition) is 2. The molecule has 0 bridgehead atoms. The van der Waals surface area contributed by atoms with Crippen molar-refractivity contribution in [3.05, 3.63) is 58.4 Å². The molecule has 0 atom stereocenters. The van der Waals surface area contributed by atoms with Crippen molar-refractivity contribution >= 4 is 17.6 Å². The normalized spacial score (nSPS) is 10.5. The van der Waals surface area contributed by atoms with E-state index >= 15 is 0 Å². The Bertz CT molecular complexity index is 534. The van der Waals surface area contributed by atoms with Crippen LogP contribution in [0.1, 0.15) is 21.6 Å². The Morgan fingerprint density at radius 2 is 1.89 bits per heavy atom. The van der Waals surface area contributed by atoms with Crippen LogP contribution >= 0.6 is 11.6 Å². The summed E-state index contributed by atoms with van der Waals surface area (Å²) in [6.07, 6.45) is 1.69. The summed E-state index contributed by atoms with van der Waals surface area (Å²) in [5.74, 6) is -0.945. The Labute approximate surface area is 110 Å². The Hall–Kier alpha value is -1.78. The number of aromatic carboxylic acids is 1. The highest BCUT2D eigenvalue weighted by Gasteiger charge is 2.05. The minimum Gasteiger partial charge on any atom is -0.477 e. The van der Waals surface area contributed by atoms with Gasteiger partial charge in [0.15, 0.2) is 0 Å². The van der Waals surface area contributed by atoms with Crippen LogP contribution in [0.25, 0.3) is 0 Å². The number of hydrogen-bond donors (Lipinski definition) is 3. The fourth-order valence-electron chi connectivity index (χ4n) is 1.62. The molecule has 4 nitrogen and oxygen atoms in total. The summed E-state index contributed by atoms with van der Waals surface area (Å²) in [5.41, 5.74) is 2.26. The van der Waals surface area contributed by atoms with Crippen molar-refractivity contribution in [2.75, 3.05) is 0 Å². The van der Waals surface area contributed by atoms with Crippen molar-refractivity contribution in [3.63, 3.8) is 0 Å². The minimum absolute atomic E-state index is 0.207. The van der Waals surface area contributed by atoms with Gasteiger partial charge in [-0.3, -0.25) is 0 Å². The first kappa shape index (κ1) is 12.7. The standard InChI is InChI=1S/C13H13ClN2O2/c14-11-3-1-9(2-4-11)6-15-7-10-5-12(13(17)18)16-8-10/h1-5,8,15-16H,6-7H2,(H,17,18). The number of rotatable bonds is 5. The molecule has 3 N–H and O–H groups in total. The number of carboxylic acid groups (broad SMARTS) is 1. The van der Waals surface area contributed by atoms with Gasteiger partial charge >= 0.3 is 5.97 Å². The van der Waals surface area contributed by atoms with Crippen LogP contribution in [0.2, 0.25) is 5.02 Å². The van der Waals surface area contributed by atoms with Crippen LogP contribution in [0.3, 0.4) is 0 Å². The summed E-state index contributed by atoms with van der Waals surface area (Å²) in [6.45, 7) is 1.33. The Morgan fingerprint density at radius 3 is 2.50 bits per heavy atom. The average molecular weight is 265 g/mol. The highest BCUT2D eigenvalue weighted by Crippen LogP contribution is 2.09. The molecule has 0 fully saturated rings. The molecule has 1 heterocycles. The van der Waals surface area contributed by atoms with Crippen LogP contribution in [0.4, 0.5) is 0 Å². The van der Waals surface area contributed by atoms with E-state index in [-0.39, 0.29) is 5.69 Å². The van der Waals surface area contributed by atoms with Crippen LogP contribution in [-0.4, -0.2) is 16.1 Å². The zero-order valence-corrected chi connectivity index (χ0v) is 10.4. The van der Waals surface area contributed by atoms with Gasteiger partial charge in [0.05, 0.1) is 0 Å². The lowest BCUT2D eigenvalue weighted by Gasteiger charge is -2.03. The smallest absolute Gasteiger partial charge is 0.352 e. The first-order valence-electron chi connectivity index (χ1n) is 5.51. The highest BCUT2D eigenvalue weighted by atomic mass is 35.5. The Morgan fingerprint density at radius 1 is 1.22 bits per heavy atom. The SMILES string of the molecule is O=C(O)c1cc(CNCc2ccc(Cl)cc2)c[nH]1. The van der Waals surface area contributed by atoms with E-state index in [0.29, 0.717) is 13.1 Å². The van der Waals surface area contributed by atoms with Crippen molar-refractivity contribution < 1.29 is 9.90 Å². The van der Waals surface area contributed by atoms with E-state index in [9.17, 15) is 4.79 Å². The molecule has 0 spiro atoms. The first-order valence-corrected chi connectivity index (χ1v) is 5.88. The van der Waals surface area contributed by atoms with Gasteiger partial charge in [-0.15, -0.1) is 0 Å². The number of aromatic nitrogens is 1. The summed E-state index contributed by atoms with van der Waals surface area (Å²) in [6, 6.07) is 9.22. The van der Waals surface area contributed by atoms with E-state index < -0.39 is 5.97 Å². The van der Waals surface area contributed by atoms with E-state index in [1.807, 2.05) is 24.3 Å². The maximum absolute atomic E-state index is 10.7. The van der Waals surface area contributed by atoms with Gasteiger partial charge in [-0.05, 0) is 29.3 Å². The fraction of sp³-hybridized carbons (Fsp3) is 0.154. The zero-order valence-electron chi connectivity index (χ0n) is 9.61. The van der Waals surface area contributed by atoms with Crippen LogP contribution in [0.15, 0.2) is 36.5 Å². The number of carboxylic acids is 1. The molecule has 2 rings (SSSR count). The quantitative estimate of drug-likeness (QED) is 0.778. The molecule has 1 aromatic heterocycles. The monoisotopic (exact) mass is 264 g/mol. The molecule has 5 heteroatoms. The van der Waals surface area contributed by atoms with Gasteiger partial charge in [-0.1, -0.05) is 23.7 Å². The fourth-order valence-corrected chi connectivity index (χ4v) is 1.74. The summed E-state index contributed by atoms with van der Waals surface area (Å²) in [5, 5.41) is 12.7.